The minimum absolute atomic E-state index is 0.159. The van der Waals surface area contributed by atoms with E-state index in [-0.39, 0.29) is 6.10 Å². The van der Waals surface area contributed by atoms with Gasteiger partial charge in [-0.05, 0) is 41.9 Å². The second-order valence-corrected chi connectivity index (χ2v) is 3.63. The minimum Gasteiger partial charge on any atom is -0.388 e. The molecule has 1 atom stereocenters. The number of hydrogen-bond donors (Lipinski definition) is 1. The van der Waals surface area contributed by atoms with Gasteiger partial charge in [-0.1, -0.05) is 12.5 Å². The quantitative estimate of drug-likeness (QED) is 0.641. The first kappa shape index (κ1) is 7.54. The van der Waals surface area contributed by atoms with Gasteiger partial charge in [0.2, 0.25) is 0 Å². The molecule has 1 N–H and O–H groups in total. The molecule has 0 amide bonds. The van der Waals surface area contributed by atoms with Gasteiger partial charge < -0.3 is 5.11 Å². The van der Waals surface area contributed by atoms with E-state index in [4.69, 9.17) is 0 Å². The molecule has 0 aromatic heterocycles. The van der Waals surface area contributed by atoms with Gasteiger partial charge in [-0.15, -0.1) is 0 Å². The van der Waals surface area contributed by atoms with Crippen LogP contribution in [0.25, 0.3) is 0 Å². The molecule has 0 aliphatic heterocycles. The van der Waals surface area contributed by atoms with E-state index in [0.29, 0.717) is 0 Å². The molecular weight excluding hydrogens is 227 g/mol. The summed E-state index contributed by atoms with van der Waals surface area (Å²) in [4.78, 5) is 0. The SMILES string of the molecule is OC1CCCCC=C1I. The number of hydrogen-bond acceptors (Lipinski definition) is 1. The minimum atomic E-state index is -0.159. The number of halogens is 1. The highest BCUT2D eigenvalue weighted by Crippen LogP contribution is 2.22. The van der Waals surface area contributed by atoms with Crippen molar-refractivity contribution in [3.8, 4) is 0 Å². The summed E-state index contributed by atoms with van der Waals surface area (Å²) in [6, 6.07) is 0. The highest BCUT2D eigenvalue weighted by atomic mass is 127. The van der Waals surface area contributed by atoms with Crippen molar-refractivity contribution in [1.82, 2.24) is 0 Å². The highest BCUT2D eigenvalue weighted by molar-refractivity contribution is 14.1. The average molecular weight is 238 g/mol. The molecule has 1 rings (SSSR count). The first-order chi connectivity index (χ1) is 4.30. The summed E-state index contributed by atoms with van der Waals surface area (Å²) in [5.74, 6) is 0. The third kappa shape index (κ3) is 2.26. The average Bonchev–Trinajstić information content (AvgIpc) is 1.99. The lowest BCUT2D eigenvalue weighted by molar-refractivity contribution is 0.209. The standard InChI is InChI=1S/C7H11IO/c8-6-4-2-1-3-5-7(6)9/h4,7,9H,1-3,5H2. The molecule has 0 saturated heterocycles. The van der Waals surface area contributed by atoms with Crippen molar-refractivity contribution in [2.24, 2.45) is 0 Å². The summed E-state index contributed by atoms with van der Waals surface area (Å²) in [5.41, 5.74) is 0. The normalized spacial score (nSPS) is 29.1. The number of aliphatic hydroxyl groups is 1. The molecule has 1 aliphatic carbocycles. The molecule has 0 fully saturated rings. The molecule has 0 radical (unpaired) electrons. The molecule has 0 saturated carbocycles. The van der Waals surface area contributed by atoms with Gasteiger partial charge in [-0.25, -0.2) is 0 Å². The van der Waals surface area contributed by atoms with Crippen molar-refractivity contribution in [2.75, 3.05) is 0 Å². The van der Waals surface area contributed by atoms with Crippen molar-refractivity contribution in [2.45, 2.75) is 31.8 Å². The predicted octanol–water partition coefficient (Wildman–Crippen LogP) is 2.24. The lowest BCUT2D eigenvalue weighted by atomic mass is 10.2. The summed E-state index contributed by atoms with van der Waals surface area (Å²) >= 11 is 2.22. The summed E-state index contributed by atoms with van der Waals surface area (Å²) in [6.45, 7) is 0. The Labute approximate surface area is 69.3 Å². The van der Waals surface area contributed by atoms with Crippen LogP contribution in [0.15, 0.2) is 9.66 Å². The van der Waals surface area contributed by atoms with Gasteiger partial charge >= 0.3 is 0 Å². The van der Waals surface area contributed by atoms with Crippen LogP contribution in [0.4, 0.5) is 0 Å². The van der Waals surface area contributed by atoms with Crippen molar-refractivity contribution < 1.29 is 5.11 Å². The van der Waals surface area contributed by atoms with E-state index in [1.54, 1.807) is 0 Å². The lowest BCUT2D eigenvalue weighted by Gasteiger charge is -2.04. The molecule has 1 nitrogen and oxygen atoms in total. The van der Waals surface area contributed by atoms with Gasteiger partial charge in [-0.2, -0.15) is 0 Å². The maximum atomic E-state index is 9.28. The van der Waals surface area contributed by atoms with Crippen LogP contribution >= 0.6 is 22.6 Å². The summed E-state index contributed by atoms with van der Waals surface area (Å²) in [7, 11) is 0. The van der Waals surface area contributed by atoms with Gasteiger partial charge in [0.25, 0.3) is 0 Å². The van der Waals surface area contributed by atoms with Crippen molar-refractivity contribution in [3.05, 3.63) is 9.66 Å². The Hall–Kier alpha value is 0.430. The predicted molar refractivity (Wildman–Crippen MR) is 46.6 cm³/mol. The van der Waals surface area contributed by atoms with Crippen molar-refractivity contribution >= 4 is 22.6 Å². The lowest BCUT2D eigenvalue weighted by Crippen LogP contribution is -2.03. The van der Waals surface area contributed by atoms with Crippen LogP contribution in [-0.4, -0.2) is 11.2 Å². The van der Waals surface area contributed by atoms with Crippen molar-refractivity contribution in [1.29, 1.82) is 0 Å². The zero-order valence-corrected chi connectivity index (χ0v) is 7.47. The zero-order valence-electron chi connectivity index (χ0n) is 5.31. The maximum Gasteiger partial charge on any atom is 0.0843 e. The Bertz CT molecular complexity index is 120. The molecule has 9 heavy (non-hydrogen) atoms. The smallest absolute Gasteiger partial charge is 0.0843 e. The Morgan fingerprint density at radius 2 is 2.33 bits per heavy atom. The number of allylic oxidation sites excluding steroid dienone is 1. The summed E-state index contributed by atoms with van der Waals surface area (Å²) in [6.07, 6.45) is 6.49. The fourth-order valence-corrected chi connectivity index (χ4v) is 1.62. The molecular formula is C7H11IO. The fourth-order valence-electron chi connectivity index (χ4n) is 0.996. The molecule has 52 valence electrons. The van der Waals surface area contributed by atoms with Crippen LogP contribution in [0.5, 0.6) is 0 Å². The zero-order chi connectivity index (χ0) is 6.69. The molecule has 0 aromatic carbocycles. The Balaban J connectivity index is 2.51. The fraction of sp³-hybridized carbons (Fsp3) is 0.714. The Kier molecular flexibility index (Phi) is 2.98. The van der Waals surface area contributed by atoms with Crippen molar-refractivity contribution in [3.63, 3.8) is 0 Å². The van der Waals surface area contributed by atoms with E-state index in [1.807, 2.05) is 0 Å². The monoisotopic (exact) mass is 238 g/mol. The number of rotatable bonds is 0. The molecule has 0 spiro atoms. The van der Waals surface area contributed by atoms with E-state index in [2.05, 4.69) is 28.7 Å². The van der Waals surface area contributed by atoms with Crippen LogP contribution in [0.2, 0.25) is 0 Å². The van der Waals surface area contributed by atoms with Crippen LogP contribution in [-0.2, 0) is 0 Å². The van der Waals surface area contributed by atoms with Gasteiger partial charge in [-0.3, -0.25) is 0 Å². The molecule has 1 aliphatic rings. The summed E-state index contributed by atoms with van der Waals surface area (Å²) < 4.78 is 1.13. The first-order valence-electron chi connectivity index (χ1n) is 3.34. The molecule has 1 unspecified atom stereocenters. The van der Waals surface area contributed by atoms with Crippen LogP contribution in [0.1, 0.15) is 25.7 Å². The second-order valence-electron chi connectivity index (χ2n) is 2.39. The Morgan fingerprint density at radius 3 is 3.11 bits per heavy atom. The van der Waals surface area contributed by atoms with Gasteiger partial charge in [0, 0.05) is 3.58 Å². The summed E-state index contributed by atoms with van der Waals surface area (Å²) in [5, 5.41) is 9.28. The molecule has 2 heteroatoms. The van der Waals surface area contributed by atoms with Gasteiger partial charge in [0.05, 0.1) is 6.10 Å². The molecule has 0 bridgehead atoms. The third-order valence-electron chi connectivity index (χ3n) is 1.59. The van der Waals surface area contributed by atoms with Crippen LogP contribution < -0.4 is 0 Å². The maximum absolute atomic E-state index is 9.28. The molecule has 0 aromatic rings. The van der Waals surface area contributed by atoms with Gasteiger partial charge in [0.1, 0.15) is 0 Å². The van der Waals surface area contributed by atoms with E-state index < -0.39 is 0 Å². The van der Waals surface area contributed by atoms with Gasteiger partial charge in [0.15, 0.2) is 0 Å². The second kappa shape index (κ2) is 3.56. The van der Waals surface area contributed by atoms with Crippen LogP contribution in [0.3, 0.4) is 0 Å². The van der Waals surface area contributed by atoms with E-state index >= 15 is 0 Å². The first-order valence-corrected chi connectivity index (χ1v) is 4.42. The largest absolute Gasteiger partial charge is 0.388 e. The van der Waals surface area contributed by atoms with Crippen LogP contribution in [0, 0.1) is 0 Å². The van der Waals surface area contributed by atoms with E-state index in [1.165, 1.54) is 12.8 Å². The highest BCUT2D eigenvalue weighted by Gasteiger charge is 2.09. The van der Waals surface area contributed by atoms with E-state index in [9.17, 15) is 5.11 Å². The molecule has 0 heterocycles. The number of aliphatic hydroxyl groups excluding tert-OH is 1. The third-order valence-corrected chi connectivity index (χ3v) is 2.75. The Morgan fingerprint density at radius 1 is 1.56 bits per heavy atom. The van der Waals surface area contributed by atoms with E-state index in [0.717, 1.165) is 16.4 Å². The topological polar surface area (TPSA) is 20.2 Å².